The van der Waals surface area contributed by atoms with Crippen molar-refractivity contribution < 1.29 is 4.79 Å². The first-order valence-electron chi connectivity index (χ1n) is 14.6. The Balaban J connectivity index is 1.61. The summed E-state index contributed by atoms with van der Waals surface area (Å²) in [5.41, 5.74) is 7.09. The van der Waals surface area contributed by atoms with E-state index in [1.54, 1.807) is 20.2 Å². The fourth-order valence-electron chi connectivity index (χ4n) is 6.29. The summed E-state index contributed by atoms with van der Waals surface area (Å²) in [4.78, 5) is 55.5. The van der Waals surface area contributed by atoms with Crippen LogP contribution in [0, 0.1) is 11.8 Å². The summed E-state index contributed by atoms with van der Waals surface area (Å²) in [5, 5.41) is 0.870. The van der Waals surface area contributed by atoms with Crippen molar-refractivity contribution in [1.29, 1.82) is 0 Å². The van der Waals surface area contributed by atoms with Gasteiger partial charge in [0.2, 0.25) is 0 Å². The first kappa shape index (κ1) is 27.7. The Bertz CT molecular complexity index is 1850. The van der Waals surface area contributed by atoms with Crippen LogP contribution >= 0.6 is 0 Å². The number of nitrogens with zero attached hydrogens (tertiary/aromatic N) is 7. The van der Waals surface area contributed by atoms with Gasteiger partial charge in [-0.05, 0) is 45.1 Å². The van der Waals surface area contributed by atoms with Crippen molar-refractivity contribution in [3.05, 3.63) is 62.7 Å². The SMILES string of the molecule is CC#CCn1c(N2CCC[C@@H](N)C2)c(C(=O)N2CCCCC2)c2c1c(=O)n(Cc1ncc3ccccc3n1)c(=O)n2C. The van der Waals surface area contributed by atoms with Gasteiger partial charge in [0.05, 0.1) is 24.1 Å². The topological polar surface area (TPSA) is 124 Å². The van der Waals surface area contributed by atoms with Gasteiger partial charge in [0, 0.05) is 50.9 Å². The molecular weight excluding hydrogens is 532 g/mol. The molecule has 1 aromatic carbocycles. The van der Waals surface area contributed by atoms with E-state index in [1.165, 1.54) is 4.57 Å². The number of rotatable bonds is 5. The van der Waals surface area contributed by atoms with Crippen molar-refractivity contribution in [2.75, 3.05) is 31.1 Å². The van der Waals surface area contributed by atoms with Crippen LogP contribution in [-0.2, 0) is 20.1 Å². The maximum atomic E-state index is 14.3. The molecule has 5 heterocycles. The second kappa shape index (κ2) is 11.4. The summed E-state index contributed by atoms with van der Waals surface area (Å²) >= 11 is 0. The molecule has 2 aliphatic rings. The number of para-hydroxylation sites is 1. The highest BCUT2D eigenvalue weighted by molar-refractivity contribution is 6.11. The quantitative estimate of drug-likeness (QED) is 0.366. The second-order valence-electron chi connectivity index (χ2n) is 11.2. The third kappa shape index (κ3) is 4.86. The maximum absolute atomic E-state index is 14.3. The van der Waals surface area contributed by atoms with Gasteiger partial charge in [0.25, 0.3) is 11.5 Å². The van der Waals surface area contributed by atoms with Gasteiger partial charge in [-0.25, -0.2) is 14.8 Å². The van der Waals surface area contributed by atoms with E-state index in [2.05, 4.69) is 26.7 Å². The minimum Gasteiger partial charge on any atom is -0.356 e. The Morgan fingerprint density at radius 3 is 2.60 bits per heavy atom. The third-order valence-electron chi connectivity index (χ3n) is 8.38. The van der Waals surface area contributed by atoms with Crippen LogP contribution < -0.4 is 21.9 Å². The normalized spacial score (nSPS) is 17.5. The number of hydrogen-bond acceptors (Lipinski definition) is 7. The fourth-order valence-corrected chi connectivity index (χ4v) is 6.29. The monoisotopic (exact) mass is 568 g/mol. The van der Waals surface area contributed by atoms with Gasteiger partial charge in [-0.3, -0.25) is 18.7 Å². The lowest BCUT2D eigenvalue weighted by Gasteiger charge is -2.34. The highest BCUT2D eigenvalue weighted by Crippen LogP contribution is 2.34. The molecule has 0 saturated carbocycles. The first-order chi connectivity index (χ1) is 20.4. The van der Waals surface area contributed by atoms with Crippen LogP contribution in [0.15, 0.2) is 40.1 Å². The summed E-state index contributed by atoms with van der Waals surface area (Å²) in [6, 6.07) is 7.50. The first-order valence-corrected chi connectivity index (χ1v) is 14.6. The van der Waals surface area contributed by atoms with Crippen molar-refractivity contribution in [3.8, 4) is 11.8 Å². The number of carbonyl (C=O) groups excluding carboxylic acids is 1. The number of hydrogen-bond donors (Lipinski definition) is 1. The molecule has 0 bridgehead atoms. The van der Waals surface area contributed by atoms with Gasteiger partial charge in [0.1, 0.15) is 22.7 Å². The number of carbonyl (C=O) groups is 1. The van der Waals surface area contributed by atoms with Gasteiger partial charge in [-0.2, -0.15) is 0 Å². The van der Waals surface area contributed by atoms with Crippen molar-refractivity contribution in [1.82, 2.24) is 28.6 Å². The standard InChI is InChI=1S/C31H36N8O3/c1-3-4-17-38-27-26(25(29(40)36-14-8-5-9-15-36)28(38)37-16-10-12-22(32)19-37)35(2)31(42)39(30(27)41)20-24-33-18-21-11-6-7-13-23(21)34-24/h6-7,11,13,18,22H,5,8-10,12,14-17,19-20,32H2,1-2H3/t22-/m1/s1. The summed E-state index contributed by atoms with van der Waals surface area (Å²) in [6.45, 7) is 4.36. The number of anilines is 1. The molecule has 0 radical (unpaired) electrons. The van der Waals surface area contributed by atoms with E-state index in [0.29, 0.717) is 48.9 Å². The molecule has 2 saturated heterocycles. The molecule has 2 N–H and O–H groups in total. The molecule has 0 aliphatic carbocycles. The number of nitrogens with two attached hydrogens (primary N) is 1. The molecule has 3 aromatic heterocycles. The highest BCUT2D eigenvalue weighted by Gasteiger charge is 2.35. The third-order valence-corrected chi connectivity index (χ3v) is 8.38. The fraction of sp³-hybridized carbons (Fsp3) is 0.452. The molecule has 6 rings (SSSR count). The van der Waals surface area contributed by atoms with E-state index in [0.717, 1.165) is 47.6 Å². The Kier molecular flexibility index (Phi) is 7.56. The van der Waals surface area contributed by atoms with Gasteiger partial charge in [-0.1, -0.05) is 24.1 Å². The molecular formula is C31H36N8O3. The van der Waals surface area contributed by atoms with Crippen molar-refractivity contribution in [2.24, 2.45) is 12.8 Å². The maximum Gasteiger partial charge on any atom is 0.331 e. The zero-order chi connectivity index (χ0) is 29.4. The van der Waals surface area contributed by atoms with Gasteiger partial charge >= 0.3 is 5.69 Å². The Morgan fingerprint density at radius 2 is 1.83 bits per heavy atom. The molecule has 1 atom stereocenters. The molecule has 4 aromatic rings. The predicted molar refractivity (Wildman–Crippen MR) is 163 cm³/mol. The van der Waals surface area contributed by atoms with E-state index >= 15 is 0 Å². The van der Waals surface area contributed by atoms with Gasteiger partial charge in [-0.15, -0.1) is 5.92 Å². The van der Waals surface area contributed by atoms with Crippen LogP contribution in [0.1, 0.15) is 55.2 Å². The van der Waals surface area contributed by atoms with Gasteiger partial charge in [0.15, 0.2) is 0 Å². The summed E-state index contributed by atoms with van der Waals surface area (Å²) in [7, 11) is 1.62. The lowest BCUT2D eigenvalue weighted by Crippen LogP contribution is -2.45. The van der Waals surface area contributed by atoms with E-state index in [4.69, 9.17) is 5.73 Å². The number of aromatic nitrogens is 5. The van der Waals surface area contributed by atoms with Crippen molar-refractivity contribution in [2.45, 2.75) is 58.2 Å². The number of benzene rings is 1. The van der Waals surface area contributed by atoms with Gasteiger partial charge < -0.3 is 20.1 Å². The lowest BCUT2D eigenvalue weighted by atomic mass is 10.1. The van der Waals surface area contributed by atoms with E-state index < -0.39 is 11.2 Å². The molecule has 218 valence electrons. The number of aryl methyl sites for hydroxylation is 1. The largest absolute Gasteiger partial charge is 0.356 e. The van der Waals surface area contributed by atoms with Crippen LogP contribution in [0.3, 0.4) is 0 Å². The average molecular weight is 569 g/mol. The Hall–Kier alpha value is -4.43. The zero-order valence-electron chi connectivity index (χ0n) is 24.2. The van der Waals surface area contributed by atoms with Crippen molar-refractivity contribution in [3.63, 3.8) is 0 Å². The van der Waals surface area contributed by atoms with Crippen LogP contribution in [0.5, 0.6) is 0 Å². The lowest BCUT2D eigenvalue weighted by molar-refractivity contribution is 0.0726. The van der Waals surface area contributed by atoms with E-state index in [9.17, 15) is 14.4 Å². The van der Waals surface area contributed by atoms with Crippen LogP contribution in [0.4, 0.5) is 5.82 Å². The van der Waals surface area contributed by atoms with Crippen molar-refractivity contribution >= 4 is 33.7 Å². The second-order valence-corrected chi connectivity index (χ2v) is 11.2. The molecule has 11 heteroatoms. The summed E-state index contributed by atoms with van der Waals surface area (Å²) in [5.74, 6) is 6.84. The number of piperidine rings is 2. The molecule has 2 fully saturated rings. The molecule has 42 heavy (non-hydrogen) atoms. The molecule has 0 unspecified atom stereocenters. The smallest absolute Gasteiger partial charge is 0.331 e. The summed E-state index contributed by atoms with van der Waals surface area (Å²) < 4.78 is 4.40. The van der Waals surface area contributed by atoms with E-state index in [1.807, 2.05) is 33.7 Å². The minimum absolute atomic E-state index is 0.0639. The number of likely N-dealkylation sites (tertiary alicyclic amines) is 1. The molecule has 11 nitrogen and oxygen atoms in total. The minimum atomic E-state index is -0.530. The molecule has 1 amide bonds. The molecule has 2 aliphatic heterocycles. The average Bonchev–Trinajstić information content (AvgIpc) is 3.36. The summed E-state index contributed by atoms with van der Waals surface area (Å²) in [6.07, 6.45) is 6.37. The number of amides is 1. The van der Waals surface area contributed by atoms with E-state index in [-0.39, 0.29) is 30.6 Å². The highest BCUT2D eigenvalue weighted by atomic mass is 16.2. The Morgan fingerprint density at radius 1 is 1.05 bits per heavy atom. The zero-order valence-corrected chi connectivity index (χ0v) is 24.2. The Labute approximate surface area is 243 Å². The molecule has 0 spiro atoms. The predicted octanol–water partition coefficient (Wildman–Crippen LogP) is 2.07. The van der Waals surface area contributed by atoms with Crippen LogP contribution in [0.2, 0.25) is 0 Å². The van der Waals surface area contributed by atoms with Crippen LogP contribution in [0.25, 0.3) is 21.9 Å². The van der Waals surface area contributed by atoms with Crippen LogP contribution in [-0.4, -0.2) is 66.7 Å². The number of fused-ring (bicyclic) bond motifs is 2.